The fourth-order valence-corrected chi connectivity index (χ4v) is 4.88. The lowest BCUT2D eigenvalue weighted by molar-refractivity contribution is -0.121. The molecule has 0 heterocycles. The van der Waals surface area contributed by atoms with Gasteiger partial charge in [0.05, 0.1) is 0 Å². The summed E-state index contributed by atoms with van der Waals surface area (Å²) >= 11 is 0. The quantitative estimate of drug-likeness (QED) is 0.229. The normalized spacial score (nSPS) is 12.1. The van der Waals surface area contributed by atoms with E-state index < -0.39 is 0 Å². The van der Waals surface area contributed by atoms with Crippen LogP contribution in [0.4, 0.5) is 0 Å². The van der Waals surface area contributed by atoms with Gasteiger partial charge in [-0.15, -0.1) is 0 Å². The number of phenols is 2. The molecule has 6 nitrogen and oxygen atoms in total. The van der Waals surface area contributed by atoms with E-state index in [0.29, 0.717) is 62.6 Å². The van der Waals surface area contributed by atoms with Crippen LogP contribution in [0.15, 0.2) is 24.3 Å². The van der Waals surface area contributed by atoms with Crippen LogP contribution in [0.25, 0.3) is 0 Å². The summed E-state index contributed by atoms with van der Waals surface area (Å²) in [4.78, 5) is 24.8. The number of nitrogens with one attached hydrogen (secondary N) is 2. The lowest BCUT2D eigenvalue weighted by Crippen LogP contribution is -2.30. The Hall–Kier alpha value is -3.02. The zero-order valence-corrected chi connectivity index (χ0v) is 26.3. The Bertz CT molecular complexity index is 1170. The first-order chi connectivity index (χ1) is 18.5. The smallest absolute Gasteiger partial charge is 0.220 e. The number of carbonyl (C=O) groups excluding carboxylic acids is 2. The van der Waals surface area contributed by atoms with Crippen LogP contribution in [0.5, 0.6) is 11.5 Å². The number of amides is 2. The highest BCUT2D eigenvalue weighted by Gasteiger charge is 2.22. The third-order valence-corrected chi connectivity index (χ3v) is 7.13. The van der Waals surface area contributed by atoms with Crippen molar-refractivity contribution in [3.8, 4) is 11.5 Å². The minimum Gasteiger partial charge on any atom is -0.507 e. The van der Waals surface area contributed by atoms with Crippen molar-refractivity contribution in [2.45, 2.75) is 112 Å². The molecule has 222 valence electrons. The van der Waals surface area contributed by atoms with Gasteiger partial charge in [-0.05, 0) is 82.7 Å². The first-order valence-electron chi connectivity index (χ1n) is 14.7. The molecule has 0 aliphatic carbocycles. The van der Waals surface area contributed by atoms with Gasteiger partial charge in [-0.1, -0.05) is 79.7 Å². The number of benzene rings is 2. The number of hydrogen-bond donors (Lipinski definition) is 4. The maximum atomic E-state index is 12.5. The molecule has 0 bridgehead atoms. The van der Waals surface area contributed by atoms with Crippen LogP contribution in [-0.4, -0.2) is 35.1 Å². The maximum absolute atomic E-state index is 12.5. The number of phenolic OH excluding ortho intramolecular Hbond substituents is 2. The Balaban J connectivity index is 1.77. The zero-order chi connectivity index (χ0) is 30.3. The molecule has 0 spiro atoms. The lowest BCUT2D eigenvalue weighted by Gasteiger charge is -2.24. The third-order valence-electron chi connectivity index (χ3n) is 7.13. The number of hydrogen-bond acceptors (Lipinski definition) is 4. The Morgan fingerprint density at radius 3 is 1.65 bits per heavy atom. The lowest BCUT2D eigenvalue weighted by atomic mass is 9.82. The van der Waals surface area contributed by atoms with E-state index in [1.165, 1.54) is 0 Å². The molecule has 2 amide bonds. The number of aromatic hydroxyl groups is 2. The fourth-order valence-electron chi connectivity index (χ4n) is 4.88. The van der Waals surface area contributed by atoms with Crippen LogP contribution in [0.2, 0.25) is 0 Å². The van der Waals surface area contributed by atoms with Crippen molar-refractivity contribution < 1.29 is 19.8 Å². The van der Waals surface area contributed by atoms with E-state index in [9.17, 15) is 19.8 Å². The molecule has 6 heteroatoms. The highest BCUT2D eigenvalue weighted by molar-refractivity contribution is 5.77. The van der Waals surface area contributed by atoms with Crippen molar-refractivity contribution in [3.05, 3.63) is 57.6 Å². The van der Waals surface area contributed by atoms with Gasteiger partial charge in [0, 0.05) is 25.9 Å². The first kappa shape index (κ1) is 33.2. The molecule has 0 radical (unpaired) electrons. The molecule has 2 rings (SSSR count). The predicted octanol–water partition coefficient (Wildman–Crippen LogP) is 6.39. The largest absolute Gasteiger partial charge is 0.507 e. The Labute approximate surface area is 242 Å². The summed E-state index contributed by atoms with van der Waals surface area (Å²) in [6, 6.07) is 8.02. The van der Waals surface area contributed by atoms with Crippen LogP contribution < -0.4 is 10.6 Å². The van der Waals surface area contributed by atoms with Gasteiger partial charge in [-0.2, -0.15) is 0 Å². The van der Waals surface area contributed by atoms with Crippen molar-refractivity contribution >= 4 is 11.8 Å². The number of rotatable bonds is 12. The van der Waals surface area contributed by atoms with E-state index >= 15 is 0 Å². The summed E-state index contributed by atoms with van der Waals surface area (Å²) in [6.45, 7) is 19.6. The molecule has 40 heavy (non-hydrogen) atoms. The van der Waals surface area contributed by atoms with Gasteiger partial charge in [0.1, 0.15) is 11.5 Å². The summed E-state index contributed by atoms with van der Waals surface area (Å²) in [5, 5.41) is 27.1. The van der Waals surface area contributed by atoms with Crippen molar-refractivity contribution in [1.82, 2.24) is 10.6 Å². The molecule has 0 saturated carbocycles. The second-order valence-corrected chi connectivity index (χ2v) is 13.6. The average Bonchev–Trinajstić information content (AvgIpc) is 2.83. The Morgan fingerprint density at radius 2 is 1.20 bits per heavy atom. The van der Waals surface area contributed by atoms with Crippen molar-refractivity contribution in [1.29, 1.82) is 0 Å². The summed E-state index contributed by atoms with van der Waals surface area (Å²) in [5.74, 6) is 1.10. The first-order valence-corrected chi connectivity index (χ1v) is 14.7. The summed E-state index contributed by atoms with van der Waals surface area (Å²) in [6.07, 6.45) is 3.44. The van der Waals surface area contributed by atoms with Crippen molar-refractivity contribution in [2.75, 3.05) is 13.1 Å². The molecule has 0 atom stereocenters. The van der Waals surface area contributed by atoms with Gasteiger partial charge in [-0.25, -0.2) is 0 Å². The summed E-state index contributed by atoms with van der Waals surface area (Å²) in [7, 11) is 0. The molecule has 0 saturated heterocycles. The minimum atomic E-state index is -0.184. The van der Waals surface area contributed by atoms with Gasteiger partial charge in [0.25, 0.3) is 0 Å². The van der Waals surface area contributed by atoms with Gasteiger partial charge in [0.15, 0.2) is 0 Å². The zero-order valence-electron chi connectivity index (χ0n) is 26.3. The van der Waals surface area contributed by atoms with Crippen LogP contribution in [0.1, 0.15) is 108 Å². The average molecular weight is 553 g/mol. The SMILES string of the molecule is Cc1cc(CCC(=O)NCCCNC(=O)CCc2cc(CC(C)C)c(O)c(C(C)(C)C)c2)cc(C(C)(C)C)c1O. The van der Waals surface area contributed by atoms with Crippen LogP contribution in [0.3, 0.4) is 0 Å². The van der Waals surface area contributed by atoms with Crippen LogP contribution >= 0.6 is 0 Å². The molecule has 2 aromatic carbocycles. The highest BCUT2D eigenvalue weighted by Crippen LogP contribution is 2.36. The molecule has 0 aliphatic rings. The third kappa shape index (κ3) is 10.2. The van der Waals surface area contributed by atoms with Crippen molar-refractivity contribution in [2.24, 2.45) is 5.92 Å². The van der Waals surface area contributed by atoms with Gasteiger partial charge in [-0.3, -0.25) is 9.59 Å². The molecule has 2 aromatic rings. The highest BCUT2D eigenvalue weighted by atomic mass is 16.3. The summed E-state index contributed by atoms with van der Waals surface area (Å²) < 4.78 is 0. The Kier molecular flexibility index (Phi) is 11.7. The molecule has 0 unspecified atom stereocenters. The van der Waals surface area contributed by atoms with E-state index in [0.717, 1.165) is 39.8 Å². The molecule has 4 N–H and O–H groups in total. The van der Waals surface area contributed by atoms with E-state index in [1.54, 1.807) is 0 Å². The molecule has 0 aromatic heterocycles. The summed E-state index contributed by atoms with van der Waals surface area (Å²) in [5.41, 5.74) is 5.35. The standard InChI is InChI=1S/C34H52N2O4/c1-22(2)17-26-19-25(21-28(32(26)40)34(7,8)9)12-14-30(38)36-16-10-15-35-29(37)13-11-24-18-23(3)31(39)27(20-24)33(4,5)6/h18-22,39-40H,10-17H2,1-9H3,(H,35,37)(H,36,38). The van der Waals surface area contributed by atoms with Gasteiger partial charge >= 0.3 is 0 Å². The van der Waals surface area contributed by atoms with E-state index in [1.807, 2.05) is 31.2 Å². The van der Waals surface area contributed by atoms with E-state index in [-0.39, 0.29) is 22.6 Å². The second kappa shape index (κ2) is 14.0. The van der Waals surface area contributed by atoms with E-state index in [2.05, 4.69) is 66.0 Å². The van der Waals surface area contributed by atoms with Crippen LogP contribution in [-0.2, 0) is 39.7 Å². The van der Waals surface area contributed by atoms with Crippen molar-refractivity contribution in [3.63, 3.8) is 0 Å². The number of aryl methyl sites for hydroxylation is 3. The molecule has 0 aliphatic heterocycles. The fraction of sp³-hybridized carbons (Fsp3) is 0.588. The topological polar surface area (TPSA) is 98.7 Å². The van der Waals surface area contributed by atoms with E-state index in [4.69, 9.17) is 0 Å². The molecular weight excluding hydrogens is 500 g/mol. The predicted molar refractivity (Wildman–Crippen MR) is 164 cm³/mol. The molecular formula is C34H52N2O4. The molecule has 0 fully saturated rings. The Morgan fingerprint density at radius 1 is 0.750 bits per heavy atom. The van der Waals surface area contributed by atoms with Crippen LogP contribution in [0, 0.1) is 12.8 Å². The monoisotopic (exact) mass is 552 g/mol. The maximum Gasteiger partial charge on any atom is 0.220 e. The minimum absolute atomic E-state index is 0.0144. The number of carbonyl (C=O) groups is 2. The second-order valence-electron chi connectivity index (χ2n) is 13.6. The van der Waals surface area contributed by atoms with Gasteiger partial charge in [0.2, 0.25) is 11.8 Å². The van der Waals surface area contributed by atoms with Gasteiger partial charge < -0.3 is 20.8 Å².